The molecule has 0 fully saturated rings. The van der Waals surface area contributed by atoms with Crippen LogP contribution in [-0.2, 0) is 0 Å². The van der Waals surface area contributed by atoms with E-state index in [9.17, 15) is 8.78 Å². The molecule has 0 aromatic heterocycles. The molecule has 0 aliphatic carbocycles. The van der Waals surface area contributed by atoms with Crippen LogP contribution in [0.4, 0.5) is 8.78 Å². The van der Waals surface area contributed by atoms with E-state index in [-0.39, 0.29) is 17.2 Å². The van der Waals surface area contributed by atoms with E-state index in [0.29, 0.717) is 5.56 Å². The van der Waals surface area contributed by atoms with Gasteiger partial charge in [-0.15, -0.1) is 0 Å². The first-order valence-corrected chi connectivity index (χ1v) is 4.38. The fourth-order valence-electron chi connectivity index (χ4n) is 1.08. The third-order valence-electron chi connectivity index (χ3n) is 1.87. The highest BCUT2D eigenvalue weighted by Gasteiger charge is 2.13. The molecule has 0 aliphatic heterocycles. The lowest BCUT2D eigenvalue weighted by molar-refractivity contribution is 0.151. The summed E-state index contributed by atoms with van der Waals surface area (Å²) >= 11 is 5.74. The minimum Gasteiger partial charge on any atom is -0.394 e. The van der Waals surface area contributed by atoms with Gasteiger partial charge in [-0.2, -0.15) is 0 Å². The van der Waals surface area contributed by atoms with Gasteiger partial charge in [0, 0.05) is 10.6 Å². The van der Waals surface area contributed by atoms with Crippen molar-refractivity contribution in [2.24, 2.45) is 5.73 Å². The Kier molecular flexibility index (Phi) is 3.80. The molecule has 5 heteroatoms. The van der Waals surface area contributed by atoms with Gasteiger partial charge in [0.25, 0.3) is 6.43 Å². The van der Waals surface area contributed by atoms with E-state index in [4.69, 9.17) is 22.4 Å². The average Bonchev–Trinajstić information content (AvgIpc) is 2.17. The minimum atomic E-state index is -2.56. The van der Waals surface area contributed by atoms with Crippen molar-refractivity contribution >= 4 is 11.6 Å². The highest BCUT2D eigenvalue weighted by atomic mass is 35.5. The van der Waals surface area contributed by atoms with E-state index in [2.05, 4.69) is 0 Å². The standard InChI is InChI=1S/C9H10ClF2NO/c10-7-2-1-5(9(11)12)3-6(7)8(13)4-14/h1-3,8-9,14H,4,13H2. The van der Waals surface area contributed by atoms with Crippen LogP contribution in [0, 0.1) is 0 Å². The summed E-state index contributed by atoms with van der Waals surface area (Å²) in [6, 6.07) is 3.09. The first-order chi connectivity index (χ1) is 6.56. The number of aliphatic hydroxyl groups excluding tert-OH is 1. The van der Waals surface area contributed by atoms with E-state index < -0.39 is 12.5 Å². The Morgan fingerprint density at radius 1 is 1.43 bits per heavy atom. The van der Waals surface area contributed by atoms with E-state index in [1.54, 1.807) is 0 Å². The summed E-state index contributed by atoms with van der Waals surface area (Å²) in [5.74, 6) is 0. The summed E-state index contributed by atoms with van der Waals surface area (Å²) in [5.41, 5.74) is 5.68. The average molecular weight is 222 g/mol. The van der Waals surface area contributed by atoms with E-state index in [1.165, 1.54) is 18.2 Å². The summed E-state index contributed by atoms with van der Waals surface area (Å²) < 4.78 is 24.6. The van der Waals surface area contributed by atoms with Crippen molar-refractivity contribution in [2.75, 3.05) is 6.61 Å². The van der Waals surface area contributed by atoms with Crippen molar-refractivity contribution in [1.29, 1.82) is 0 Å². The van der Waals surface area contributed by atoms with Crippen LogP contribution in [0.15, 0.2) is 18.2 Å². The molecule has 0 heterocycles. The smallest absolute Gasteiger partial charge is 0.263 e. The van der Waals surface area contributed by atoms with Gasteiger partial charge >= 0.3 is 0 Å². The number of benzene rings is 1. The predicted molar refractivity (Wildman–Crippen MR) is 50.4 cm³/mol. The number of alkyl halides is 2. The zero-order chi connectivity index (χ0) is 10.7. The lowest BCUT2D eigenvalue weighted by atomic mass is 10.1. The van der Waals surface area contributed by atoms with Gasteiger partial charge < -0.3 is 10.8 Å². The molecule has 1 aromatic rings. The molecule has 0 bridgehead atoms. The molecule has 14 heavy (non-hydrogen) atoms. The van der Waals surface area contributed by atoms with Gasteiger partial charge in [0.2, 0.25) is 0 Å². The number of aliphatic hydroxyl groups is 1. The molecule has 0 saturated carbocycles. The number of nitrogens with two attached hydrogens (primary N) is 1. The SMILES string of the molecule is NC(CO)c1cc(C(F)F)ccc1Cl. The highest BCUT2D eigenvalue weighted by molar-refractivity contribution is 6.31. The highest BCUT2D eigenvalue weighted by Crippen LogP contribution is 2.27. The maximum absolute atomic E-state index is 12.3. The van der Waals surface area contributed by atoms with E-state index in [0.717, 1.165) is 0 Å². The van der Waals surface area contributed by atoms with Gasteiger partial charge in [-0.1, -0.05) is 17.7 Å². The van der Waals surface area contributed by atoms with Crippen LogP contribution >= 0.6 is 11.6 Å². The summed E-state index contributed by atoms with van der Waals surface area (Å²) in [6.45, 7) is -0.327. The van der Waals surface area contributed by atoms with Crippen molar-refractivity contribution in [3.05, 3.63) is 34.3 Å². The monoisotopic (exact) mass is 221 g/mol. The fraction of sp³-hybridized carbons (Fsp3) is 0.333. The number of rotatable bonds is 3. The van der Waals surface area contributed by atoms with Gasteiger partial charge in [0.05, 0.1) is 12.6 Å². The van der Waals surface area contributed by atoms with Crippen molar-refractivity contribution < 1.29 is 13.9 Å². The Labute approximate surface area is 85.3 Å². The van der Waals surface area contributed by atoms with Crippen LogP contribution < -0.4 is 5.73 Å². The molecule has 2 nitrogen and oxygen atoms in total. The van der Waals surface area contributed by atoms with E-state index >= 15 is 0 Å². The maximum atomic E-state index is 12.3. The Hall–Kier alpha value is -0.710. The van der Waals surface area contributed by atoms with Gasteiger partial charge in [-0.3, -0.25) is 0 Å². The molecule has 1 unspecified atom stereocenters. The normalized spacial score (nSPS) is 13.3. The van der Waals surface area contributed by atoms with Crippen molar-refractivity contribution in [2.45, 2.75) is 12.5 Å². The summed E-state index contributed by atoms with van der Waals surface area (Å²) in [6.07, 6.45) is -2.56. The molecule has 0 saturated heterocycles. The second kappa shape index (κ2) is 4.68. The lowest BCUT2D eigenvalue weighted by Crippen LogP contribution is -2.15. The Bertz CT molecular complexity index is 320. The molecule has 0 amide bonds. The molecule has 0 aliphatic rings. The van der Waals surface area contributed by atoms with Crippen LogP contribution in [0.1, 0.15) is 23.6 Å². The zero-order valence-corrected chi connectivity index (χ0v) is 8.01. The fourth-order valence-corrected chi connectivity index (χ4v) is 1.34. The second-order valence-corrected chi connectivity index (χ2v) is 3.28. The van der Waals surface area contributed by atoms with E-state index in [1.807, 2.05) is 0 Å². The van der Waals surface area contributed by atoms with Crippen molar-refractivity contribution in [1.82, 2.24) is 0 Å². The molecule has 0 radical (unpaired) electrons. The number of hydrogen-bond donors (Lipinski definition) is 2. The lowest BCUT2D eigenvalue weighted by Gasteiger charge is -2.12. The first-order valence-electron chi connectivity index (χ1n) is 4.00. The molecule has 0 spiro atoms. The number of halogens is 3. The molecular formula is C9H10ClF2NO. The van der Waals surface area contributed by atoms with Crippen LogP contribution in [0.2, 0.25) is 5.02 Å². The van der Waals surface area contributed by atoms with Gasteiger partial charge in [-0.25, -0.2) is 8.78 Å². The Morgan fingerprint density at radius 3 is 2.57 bits per heavy atom. The molecule has 1 aromatic carbocycles. The topological polar surface area (TPSA) is 46.2 Å². The molecular weight excluding hydrogens is 212 g/mol. The van der Waals surface area contributed by atoms with Crippen LogP contribution in [-0.4, -0.2) is 11.7 Å². The molecule has 78 valence electrons. The zero-order valence-electron chi connectivity index (χ0n) is 7.25. The molecule has 1 rings (SSSR count). The summed E-state index contributed by atoms with van der Waals surface area (Å²) in [5, 5.41) is 9.06. The van der Waals surface area contributed by atoms with Crippen molar-refractivity contribution in [3.8, 4) is 0 Å². The van der Waals surface area contributed by atoms with Gasteiger partial charge in [0.1, 0.15) is 0 Å². The predicted octanol–water partition coefficient (Wildman–Crippen LogP) is 2.27. The quantitative estimate of drug-likeness (QED) is 0.823. The Balaban J connectivity index is 3.08. The molecule has 3 N–H and O–H groups in total. The van der Waals surface area contributed by atoms with Gasteiger partial charge in [0.15, 0.2) is 0 Å². The van der Waals surface area contributed by atoms with Gasteiger partial charge in [-0.05, 0) is 17.7 Å². The third-order valence-corrected chi connectivity index (χ3v) is 2.21. The summed E-state index contributed by atoms with van der Waals surface area (Å²) in [4.78, 5) is 0. The maximum Gasteiger partial charge on any atom is 0.263 e. The second-order valence-electron chi connectivity index (χ2n) is 2.87. The molecule has 1 atom stereocenters. The Morgan fingerprint density at radius 2 is 2.07 bits per heavy atom. The van der Waals surface area contributed by atoms with Crippen LogP contribution in [0.25, 0.3) is 0 Å². The number of hydrogen-bond acceptors (Lipinski definition) is 2. The van der Waals surface area contributed by atoms with Crippen molar-refractivity contribution in [3.63, 3.8) is 0 Å². The summed E-state index contributed by atoms with van der Waals surface area (Å²) in [7, 11) is 0. The van der Waals surface area contributed by atoms with Crippen LogP contribution in [0.5, 0.6) is 0 Å². The largest absolute Gasteiger partial charge is 0.394 e. The van der Waals surface area contributed by atoms with Crippen LogP contribution in [0.3, 0.4) is 0 Å². The third kappa shape index (κ3) is 2.41. The first kappa shape index (κ1) is 11.4. The minimum absolute atomic E-state index is 0.145.